The van der Waals surface area contributed by atoms with Crippen LogP contribution in [0.25, 0.3) is 0 Å². The van der Waals surface area contributed by atoms with Gasteiger partial charge in [-0.05, 0) is 0 Å². The van der Waals surface area contributed by atoms with E-state index < -0.39 is 0 Å². The fourth-order valence-corrected chi connectivity index (χ4v) is 1.82. The molecule has 1 aliphatic heterocycles. The highest BCUT2D eigenvalue weighted by atomic mass is 32.2. The largest absolute Gasteiger partial charge is 0.339 e. The third-order valence-electron chi connectivity index (χ3n) is 1.89. The smallest absolute Gasteiger partial charge is 0.232 e. The van der Waals surface area contributed by atoms with E-state index in [9.17, 15) is 4.79 Å². The van der Waals surface area contributed by atoms with Crippen LogP contribution in [0.15, 0.2) is 0 Å². The van der Waals surface area contributed by atoms with Crippen LogP contribution in [-0.2, 0) is 4.79 Å². The van der Waals surface area contributed by atoms with Crippen molar-refractivity contribution in [1.29, 1.82) is 0 Å². The van der Waals surface area contributed by atoms with Gasteiger partial charge in [0.05, 0.1) is 5.75 Å². The number of carbonyl (C=O) groups is 1. The minimum atomic E-state index is 0.169. The molecule has 0 spiro atoms. The second kappa shape index (κ2) is 3.88. The first kappa shape index (κ1) is 10.9. The van der Waals surface area contributed by atoms with Gasteiger partial charge in [-0.1, -0.05) is 20.8 Å². The Balaban J connectivity index is 2.19. The molecule has 4 heteroatoms. The van der Waals surface area contributed by atoms with E-state index >= 15 is 0 Å². The molecule has 0 saturated carbocycles. The van der Waals surface area contributed by atoms with Crippen LogP contribution in [0.5, 0.6) is 0 Å². The number of nitrogens with zero attached hydrogens (tertiary/aromatic N) is 1. The summed E-state index contributed by atoms with van der Waals surface area (Å²) in [5.41, 5.74) is 5.59. The fraction of sp³-hybridized carbons (Fsp3) is 0.889. The molecular weight excluding hydrogens is 184 g/mol. The third kappa shape index (κ3) is 3.56. The van der Waals surface area contributed by atoms with E-state index in [0.29, 0.717) is 5.75 Å². The average Bonchev–Trinajstić information content (AvgIpc) is 1.93. The van der Waals surface area contributed by atoms with Crippen molar-refractivity contribution in [3.8, 4) is 0 Å². The normalized spacial score (nSPS) is 18.6. The number of carbonyl (C=O) groups excluding carboxylic acids is 1. The van der Waals surface area contributed by atoms with Gasteiger partial charge < -0.3 is 10.6 Å². The maximum atomic E-state index is 11.5. The van der Waals surface area contributed by atoms with Crippen molar-refractivity contribution in [1.82, 2.24) is 4.90 Å². The monoisotopic (exact) mass is 202 g/mol. The fourth-order valence-electron chi connectivity index (χ4n) is 1.09. The summed E-state index contributed by atoms with van der Waals surface area (Å²) in [6.07, 6.45) is 0. The SMILES string of the molecule is CC(C)(C)SCC(=O)N1CC(N)C1. The first-order valence-electron chi connectivity index (χ1n) is 4.56. The number of hydrogen-bond acceptors (Lipinski definition) is 3. The molecule has 0 aromatic heterocycles. The maximum Gasteiger partial charge on any atom is 0.232 e. The molecule has 1 amide bonds. The first-order chi connectivity index (χ1) is 5.88. The summed E-state index contributed by atoms with van der Waals surface area (Å²) in [4.78, 5) is 13.3. The summed E-state index contributed by atoms with van der Waals surface area (Å²) < 4.78 is 0.169. The molecule has 76 valence electrons. The van der Waals surface area contributed by atoms with Gasteiger partial charge in [0.15, 0.2) is 0 Å². The Hall–Kier alpha value is -0.220. The molecule has 2 N–H and O–H groups in total. The molecule has 1 fully saturated rings. The van der Waals surface area contributed by atoms with Gasteiger partial charge >= 0.3 is 0 Å². The molecule has 13 heavy (non-hydrogen) atoms. The van der Waals surface area contributed by atoms with Crippen LogP contribution < -0.4 is 5.73 Å². The molecular formula is C9H18N2OS. The lowest BCUT2D eigenvalue weighted by Crippen LogP contribution is -2.58. The number of likely N-dealkylation sites (tertiary alicyclic amines) is 1. The average molecular weight is 202 g/mol. The molecule has 0 atom stereocenters. The van der Waals surface area contributed by atoms with Crippen molar-refractivity contribution in [3.63, 3.8) is 0 Å². The van der Waals surface area contributed by atoms with Crippen LogP contribution in [0.2, 0.25) is 0 Å². The second-order valence-corrected chi connectivity index (χ2v) is 6.26. The lowest BCUT2D eigenvalue weighted by atomic mass is 10.1. The topological polar surface area (TPSA) is 46.3 Å². The standard InChI is InChI=1S/C9H18N2OS/c1-9(2,3)13-6-8(12)11-4-7(10)5-11/h7H,4-6,10H2,1-3H3. The van der Waals surface area contributed by atoms with Gasteiger partial charge in [0.2, 0.25) is 5.91 Å². The molecule has 0 aliphatic carbocycles. The van der Waals surface area contributed by atoms with Crippen molar-refractivity contribution in [3.05, 3.63) is 0 Å². The first-order valence-corrected chi connectivity index (χ1v) is 5.54. The molecule has 1 heterocycles. The van der Waals surface area contributed by atoms with Crippen LogP contribution in [-0.4, -0.2) is 40.4 Å². The molecule has 3 nitrogen and oxygen atoms in total. The van der Waals surface area contributed by atoms with Crippen LogP contribution in [0.4, 0.5) is 0 Å². The van der Waals surface area contributed by atoms with Crippen LogP contribution in [0.1, 0.15) is 20.8 Å². The number of rotatable bonds is 2. The summed E-state index contributed by atoms with van der Waals surface area (Å²) in [6, 6.07) is 0.212. The van der Waals surface area contributed by atoms with E-state index in [4.69, 9.17) is 5.73 Å². The zero-order valence-corrected chi connectivity index (χ0v) is 9.36. The Morgan fingerprint density at radius 3 is 2.46 bits per heavy atom. The minimum absolute atomic E-state index is 0.169. The van der Waals surface area contributed by atoms with E-state index in [-0.39, 0.29) is 16.7 Å². The summed E-state index contributed by atoms with van der Waals surface area (Å²) in [5, 5.41) is 0. The Morgan fingerprint density at radius 2 is 2.08 bits per heavy atom. The number of thioether (sulfide) groups is 1. The zero-order chi connectivity index (χ0) is 10.1. The predicted octanol–water partition coefficient (Wildman–Crippen LogP) is 0.688. The summed E-state index contributed by atoms with van der Waals surface area (Å²) in [6.45, 7) is 7.83. The van der Waals surface area contributed by atoms with E-state index in [1.54, 1.807) is 11.8 Å². The van der Waals surface area contributed by atoms with Gasteiger partial charge in [0.1, 0.15) is 0 Å². The maximum absolute atomic E-state index is 11.5. The van der Waals surface area contributed by atoms with Crippen molar-refractivity contribution in [2.45, 2.75) is 31.6 Å². The highest BCUT2D eigenvalue weighted by Gasteiger charge is 2.28. The highest BCUT2D eigenvalue weighted by molar-refractivity contribution is 8.01. The minimum Gasteiger partial charge on any atom is -0.339 e. The van der Waals surface area contributed by atoms with Gasteiger partial charge in [-0.2, -0.15) is 0 Å². The Labute approximate surface area is 84.0 Å². The molecule has 0 bridgehead atoms. The van der Waals surface area contributed by atoms with Gasteiger partial charge in [-0.25, -0.2) is 0 Å². The molecule has 0 aromatic rings. The van der Waals surface area contributed by atoms with Crippen LogP contribution >= 0.6 is 11.8 Å². The van der Waals surface area contributed by atoms with E-state index in [1.165, 1.54) is 0 Å². The molecule has 1 aliphatic rings. The molecule has 1 rings (SSSR count). The van der Waals surface area contributed by atoms with Crippen molar-refractivity contribution < 1.29 is 4.79 Å². The molecule has 0 aromatic carbocycles. The Kier molecular flexibility index (Phi) is 3.24. The van der Waals surface area contributed by atoms with Crippen LogP contribution in [0, 0.1) is 0 Å². The van der Waals surface area contributed by atoms with Gasteiger partial charge in [-0.3, -0.25) is 4.79 Å². The van der Waals surface area contributed by atoms with Crippen LogP contribution in [0.3, 0.4) is 0 Å². The predicted molar refractivity (Wildman–Crippen MR) is 56.8 cm³/mol. The molecule has 0 unspecified atom stereocenters. The highest BCUT2D eigenvalue weighted by Crippen LogP contribution is 2.23. The zero-order valence-electron chi connectivity index (χ0n) is 8.54. The van der Waals surface area contributed by atoms with E-state index in [2.05, 4.69) is 20.8 Å². The van der Waals surface area contributed by atoms with Crippen molar-refractivity contribution in [2.24, 2.45) is 5.73 Å². The van der Waals surface area contributed by atoms with Crippen molar-refractivity contribution in [2.75, 3.05) is 18.8 Å². The van der Waals surface area contributed by atoms with Gasteiger partial charge in [0.25, 0.3) is 0 Å². The van der Waals surface area contributed by atoms with Gasteiger partial charge in [0, 0.05) is 23.9 Å². The number of nitrogens with two attached hydrogens (primary N) is 1. The summed E-state index contributed by atoms with van der Waals surface area (Å²) >= 11 is 1.69. The summed E-state index contributed by atoms with van der Waals surface area (Å²) in [7, 11) is 0. The second-order valence-electron chi connectivity index (χ2n) is 4.46. The molecule has 1 saturated heterocycles. The number of hydrogen-bond donors (Lipinski definition) is 1. The van der Waals surface area contributed by atoms with Gasteiger partial charge in [-0.15, -0.1) is 11.8 Å². The van der Waals surface area contributed by atoms with Crippen molar-refractivity contribution >= 4 is 17.7 Å². The molecule has 0 radical (unpaired) electrons. The lowest BCUT2D eigenvalue weighted by molar-refractivity contribution is -0.132. The quantitative estimate of drug-likeness (QED) is 0.716. The summed E-state index contributed by atoms with van der Waals surface area (Å²) in [5.74, 6) is 0.803. The Morgan fingerprint density at radius 1 is 1.54 bits per heavy atom. The van der Waals surface area contributed by atoms with E-state index in [1.807, 2.05) is 4.90 Å². The Bertz CT molecular complexity index is 194. The lowest BCUT2D eigenvalue weighted by Gasteiger charge is -2.37. The third-order valence-corrected chi connectivity index (χ3v) is 3.15. The number of amides is 1. The van der Waals surface area contributed by atoms with E-state index in [0.717, 1.165) is 13.1 Å².